The molecule has 2 aromatic carbocycles. The number of rotatable bonds is 8. The van der Waals surface area contributed by atoms with Crippen LogP contribution in [0.5, 0.6) is 0 Å². The highest BCUT2D eigenvalue weighted by atomic mass is 35.5. The van der Waals surface area contributed by atoms with Crippen LogP contribution in [-0.2, 0) is 20.7 Å². The molecule has 6 nitrogen and oxygen atoms in total. The normalized spacial score (nSPS) is 17.7. The number of carbonyl (C=O) groups is 2. The highest BCUT2D eigenvalue weighted by Gasteiger charge is 2.29. The molecule has 1 saturated heterocycles. The lowest BCUT2D eigenvalue weighted by Crippen LogP contribution is -2.48. The first kappa shape index (κ1) is 23.2. The van der Waals surface area contributed by atoms with Crippen LogP contribution in [0.2, 0.25) is 5.02 Å². The van der Waals surface area contributed by atoms with Crippen molar-refractivity contribution in [2.45, 2.75) is 25.5 Å². The molecule has 0 spiro atoms. The summed E-state index contributed by atoms with van der Waals surface area (Å²) in [6, 6.07) is 13.4. The van der Waals surface area contributed by atoms with E-state index >= 15 is 0 Å². The molecule has 2 atom stereocenters. The van der Waals surface area contributed by atoms with Crippen LogP contribution >= 0.6 is 11.6 Å². The van der Waals surface area contributed by atoms with Crippen molar-refractivity contribution >= 4 is 23.4 Å². The van der Waals surface area contributed by atoms with E-state index in [-0.39, 0.29) is 37.4 Å². The molecule has 0 saturated carbocycles. The molecule has 166 valence electrons. The highest BCUT2D eigenvalue weighted by Crippen LogP contribution is 2.31. The standard InChI is InChI=1S/C23H27ClFN3O3/c1-16-15-28(10-11-31-16)20(23-18(24)8-5-9-19(23)25)13-26-22(30)14-27-21(29)12-17-6-3-2-4-7-17/h2-9,16,20H,10-15H2,1H3,(H,26,30)(H,27,29). The van der Waals surface area contributed by atoms with Crippen LogP contribution in [-0.4, -0.2) is 55.6 Å². The van der Waals surface area contributed by atoms with Crippen molar-refractivity contribution in [3.63, 3.8) is 0 Å². The van der Waals surface area contributed by atoms with Crippen LogP contribution in [0.25, 0.3) is 0 Å². The quantitative estimate of drug-likeness (QED) is 0.652. The van der Waals surface area contributed by atoms with Crippen molar-refractivity contribution in [2.24, 2.45) is 0 Å². The maximum Gasteiger partial charge on any atom is 0.239 e. The van der Waals surface area contributed by atoms with Crippen LogP contribution in [0.4, 0.5) is 4.39 Å². The average molecular weight is 448 g/mol. The van der Waals surface area contributed by atoms with Gasteiger partial charge in [-0.3, -0.25) is 14.5 Å². The van der Waals surface area contributed by atoms with Crippen molar-refractivity contribution in [1.29, 1.82) is 0 Å². The summed E-state index contributed by atoms with van der Waals surface area (Å²) in [7, 11) is 0. The largest absolute Gasteiger partial charge is 0.376 e. The molecule has 31 heavy (non-hydrogen) atoms. The Kier molecular flexibility index (Phi) is 8.40. The van der Waals surface area contributed by atoms with Gasteiger partial charge in [-0.05, 0) is 24.6 Å². The van der Waals surface area contributed by atoms with E-state index in [1.54, 1.807) is 12.1 Å². The third-order valence-corrected chi connectivity index (χ3v) is 5.52. The minimum absolute atomic E-state index is 0.00484. The molecule has 1 aliphatic rings. The fourth-order valence-electron chi connectivity index (χ4n) is 3.67. The maximum absolute atomic E-state index is 14.6. The van der Waals surface area contributed by atoms with Gasteiger partial charge in [0, 0.05) is 30.2 Å². The Balaban J connectivity index is 1.59. The first-order chi connectivity index (χ1) is 14.9. The van der Waals surface area contributed by atoms with Gasteiger partial charge >= 0.3 is 0 Å². The van der Waals surface area contributed by atoms with Gasteiger partial charge in [-0.1, -0.05) is 48.0 Å². The van der Waals surface area contributed by atoms with Crippen molar-refractivity contribution in [1.82, 2.24) is 15.5 Å². The number of nitrogens with one attached hydrogen (secondary N) is 2. The van der Waals surface area contributed by atoms with Gasteiger partial charge in [0.25, 0.3) is 0 Å². The molecule has 0 aromatic heterocycles. The summed E-state index contributed by atoms with van der Waals surface area (Å²) in [6.07, 6.45) is 0.197. The summed E-state index contributed by atoms with van der Waals surface area (Å²) >= 11 is 6.31. The van der Waals surface area contributed by atoms with Gasteiger partial charge in [0.2, 0.25) is 11.8 Å². The van der Waals surface area contributed by atoms with E-state index in [0.29, 0.717) is 30.3 Å². The number of ether oxygens (including phenoxy) is 1. The zero-order chi connectivity index (χ0) is 22.2. The van der Waals surface area contributed by atoms with Crippen molar-refractivity contribution < 1.29 is 18.7 Å². The fourth-order valence-corrected chi connectivity index (χ4v) is 3.96. The number of hydrogen-bond acceptors (Lipinski definition) is 4. The van der Waals surface area contributed by atoms with Gasteiger partial charge in [0.1, 0.15) is 5.82 Å². The van der Waals surface area contributed by atoms with E-state index in [9.17, 15) is 14.0 Å². The fraction of sp³-hybridized carbons (Fsp3) is 0.391. The number of benzene rings is 2. The topological polar surface area (TPSA) is 70.7 Å². The Hall–Kier alpha value is -2.48. The molecule has 0 aliphatic carbocycles. The van der Waals surface area contributed by atoms with Crippen LogP contribution in [0, 0.1) is 5.82 Å². The molecule has 2 amide bonds. The Morgan fingerprint density at radius 1 is 1.16 bits per heavy atom. The minimum Gasteiger partial charge on any atom is -0.376 e. The van der Waals surface area contributed by atoms with Crippen LogP contribution in [0.1, 0.15) is 24.1 Å². The first-order valence-electron chi connectivity index (χ1n) is 10.3. The number of nitrogens with zero attached hydrogens (tertiary/aromatic N) is 1. The third-order valence-electron chi connectivity index (χ3n) is 5.19. The SMILES string of the molecule is CC1CN(C(CNC(=O)CNC(=O)Cc2ccccc2)c2c(F)cccc2Cl)CCO1. The van der Waals surface area contributed by atoms with E-state index in [0.717, 1.165) is 5.56 Å². The molecule has 8 heteroatoms. The predicted molar refractivity (Wildman–Crippen MR) is 117 cm³/mol. The summed E-state index contributed by atoms with van der Waals surface area (Å²) in [6.45, 7) is 3.69. The first-order valence-corrected chi connectivity index (χ1v) is 10.7. The average Bonchev–Trinajstić information content (AvgIpc) is 2.75. The second-order valence-electron chi connectivity index (χ2n) is 7.57. The third kappa shape index (κ3) is 6.75. The van der Waals surface area contributed by atoms with Crippen LogP contribution < -0.4 is 10.6 Å². The number of carbonyl (C=O) groups excluding carboxylic acids is 2. The van der Waals surface area contributed by atoms with Crippen molar-refractivity contribution in [3.8, 4) is 0 Å². The van der Waals surface area contributed by atoms with Crippen LogP contribution in [0.15, 0.2) is 48.5 Å². The van der Waals surface area contributed by atoms with Gasteiger partial charge in [0.15, 0.2) is 0 Å². The summed E-state index contributed by atoms with van der Waals surface area (Å²) < 4.78 is 20.2. The lowest BCUT2D eigenvalue weighted by molar-refractivity contribution is -0.126. The van der Waals surface area contributed by atoms with Gasteiger partial charge in [-0.2, -0.15) is 0 Å². The Bertz CT molecular complexity index is 877. The summed E-state index contributed by atoms with van der Waals surface area (Å²) in [5, 5.41) is 5.74. The molecular formula is C23H27ClFN3O3. The van der Waals surface area contributed by atoms with Gasteiger partial charge < -0.3 is 15.4 Å². The van der Waals surface area contributed by atoms with E-state index in [4.69, 9.17) is 16.3 Å². The number of amides is 2. The van der Waals surface area contributed by atoms with Gasteiger partial charge in [-0.25, -0.2) is 4.39 Å². The second kappa shape index (κ2) is 11.2. The summed E-state index contributed by atoms with van der Waals surface area (Å²) in [5.41, 5.74) is 1.22. The summed E-state index contributed by atoms with van der Waals surface area (Å²) in [5.74, 6) is -1.00. The minimum atomic E-state index is -0.441. The molecule has 0 bridgehead atoms. The lowest BCUT2D eigenvalue weighted by Gasteiger charge is -2.38. The van der Waals surface area contributed by atoms with Gasteiger partial charge in [0.05, 0.1) is 31.7 Å². The zero-order valence-electron chi connectivity index (χ0n) is 17.4. The molecule has 1 aliphatic heterocycles. The van der Waals surface area contributed by atoms with Crippen molar-refractivity contribution in [2.75, 3.05) is 32.8 Å². The number of halogens is 2. The maximum atomic E-state index is 14.6. The Morgan fingerprint density at radius 3 is 2.65 bits per heavy atom. The molecule has 1 heterocycles. The van der Waals surface area contributed by atoms with Crippen LogP contribution in [0.3, 0.4) is 0 Å². The van der Waals surface area contributed by atoms with E-state index in [1.807, 2.05) is 37.3 Å². The monoisotopic (exact) mass is 447 g/mol. The van der Waals surface area contributed by atoms with Crippen molar-refractivity contribution in [3.05, 3.63) is 70.5 Å². The molecule has 2 aromatic rings. The number of morpholine rings is 1. The van der Waals surface area contributed by atoms with Gasteiger partial charge in [-0.15, -0.1) is 0 Å². The number of hydrogen-bond donors (Lipinski definition) is 2. The molecule has 0 radical (unpaired) electrons. The molecule has 2 unspecified atom stereocenters. The lowest BCUT2D eigenvalue weighted by atomic mass is 10.0. The molecule has 2 N–H and O–H groups in total. The van der Waals surface area contributed by atoms with E-state index < -0.39 is 11.9 Å². The second-order valence-corrected chi connectivity index (χ2v) is 7.98. The Morgan fingerprint density at radius 2 is 1.94 bits per heavy atom. The molecule has 3 rings (SSSR count). The highest BCUT2D eigenvalue weighted by molar-refractivity contribution is 6.31. The van der Waals surface area contributed by atoms with E-state index in [1.165, 1.54) is 6.07 Å². The van der Waals surface area contributed by atoms with E-state index in [2.05, 4.69) is 15.5 Å². The Labute approximate surface area is 186 Å². The summed E-state index contributed by atoms with van der Waals surface area (Å²) in [4.78, 5) is 26.5. The molecular weight excluding hydrogens is 421 g/mol. The zero-order valence-corrected chi connectivity index (χ0v) is 18.2. The smallest absolute Gasteiger partial charge is 0.239 e. The predicted octanol–water partition coefficient (Wildman–Crippen LogP) is 2.72. The molecule has 1 fully saturated rings.